The lowest BCUT2D eigenvalue weighted by atomic mass is 9.87. The molecule has 0 aliphatic carbocycles. The summed E-state index contributed by atoms with van der Waals surface area (Å²) in [6.45, 7) is 12.2. The van der Waals surface area contributed by atoms with E-state index in [9.17, 15) is 5.11 Å². The smallest absolute Gasteiger partial charge is 0.0764 e. The second-order valence-electron chi connectivity index (χ2n) is 5.72. The van der Waals surface area contributed by atoms with Crippen molar-refractivity contribution in [3.63, 3.8) is 0 Å². The molecule has 15 heavy (non-hydrogen) atoms. The highest BCUT2D eigenvalue weighted by atomic mass is 16.3. The summed E-state index contributed by atoms with van der Waals surface area (Å²) >= 11 is 0. The highest BCUT2D eigenvalue weighted by molar-refractivity contribution is 4.89. The van der Waals surface area contributed by atoms with E-state index in [4.69, 9.17) is 16.6 Å². The molecule has 0 aliphatic heterocycles. The summed E-state index contributed by atoms with van der Waals surface area (Å²) in [6.07, 6.45) is 0. The lowest BCUT2D eigenvalue weighted by molar-refractivity contribution is 0.0144. The van der Waals surface area contributed by atoms with Gasteiger partial charge in [-0.05, 0) is 48.5 Å². The third kappa shape index (κ3) is 8.81. The molecule has 0 bridgehead atoms. The molecule has 94 valence electrons. The summed E-state index contributed by atoms with van der Waals surface area (Å²) in [5.74, 6) is 0. The van der Waals surface area contributed by atoms with E-state index in [-0.39, 0.29) is 6.04 Å². The Labute approximate surface area is 93.7 Å². The van der Waals surface area contributed by atoms with Crippen molar-refractivity contribution in [2.45, 2.75) is 71.2 Å². The average molecular weight is 220 g/mol. The largest absolute Gasteiger partial charge is 0.389 e. The molecular weight excluding hydrogens is 192 g/mol. The van der Waals surface area contributed by atoms with Gasteiger partial charge in [0.15, 0.2) is 0 Å². The van der Waals surface area contributed by atoms with E-state index in [0.717, 1.165) is 0 Å². The monoisotopic (exact) mass is 220 g/mol. The highest BCUT2D eigenvalue weighted by Gasteiger charge is 2.30. The van der Waals surface area contributed by atoms with Crippen LogP contribution in [0.5, 0.6) is 0 Å². The van der Waals surface area contributed by atoms with Gasteiger partial charge in [-0.3, -0.25) is 0 Å². The van der Waals surface area contributed by atoms with Crippen LogP contribution in [0.15, 0.2) is 0 Å². The van der Waals surface area contributed by atoms with Crippen molar-refractivity contribution in [3.05, 3.63) is 0 Å². The molecule has 0 amide bonds. The molecule has 0 aromatic carbocycles. The van der Waals surface area contributed by atoms with E-state index in [2.05, 4.69) is 0 Å². The number of hydrogen-bond donors (Lipinski definition) is 4. The number of rotatable bonds is 2. The second-order valence-corrected chi connectivity index (χ2v) is 5.72. The quantitative estimate of drug-likeness (QED) is 0.548. The third-order valence-corrected chi connectivity index (χ3v) is 2.69. The van der Waals surface area contributed by atoms with Gasteiger partial charge in [0, 0.05) is 11.6 Å². The molecule has 0 aromatic heterocycles. The predicted molar refractivity (Wildman–Crippen MR) is 64.5 cm³/mol. The van der Waals surface area contributed by atoms with Gasteiger partial charge in [-0.15, -0.1) is 0 Å². The minimum Gasteiger partial charge on any atom is -0.389 e. The van der Waals surface area contributed by atoms with Gasteiger partial charge < -0.3 is 21.7 Å². The van der Waals surface area contributed by atoms with Crippen LogP contribution in [-0.4, -0.2) is 33.0 Å². The van der Waals surface area contributed by atoms with Crippen LogP contribution in [0.2, 0.25) is 0 Å². The zero-order valence-electron chi connectivity index (χ0n) is 11.1. The SMILES string of the molecule is CC(C)(N)C(C)(C)O.CC(N)C(C)(C)O. The van der Waals surface area contributed by atoms with Crippen molar-refractivity contribution < 1.29 is 10.2 Å². The van der Waals surface area contributed by atoms with Crippen molar-refractivity contribution in [2.24, 2.45) is 11.5 Å². The predicted octanol–water partition coefficient (Wildman–Crippen LogP) is 0.599. The van der Waals surface area contributed by atoms with Gasteiger partial charge in [0.05, 0.1) is 11.2 Å². The molecule has 1 unspecified atom stereocenters. The van der Waals surface area contributed by atoms with Crippen molar-refractivity contribution >= 4 is 0 Å². The first kappa shape index (κ1) is 17.2. The lowest BCUT2D eigenvalue weighted by Gasteiger charge is -2.32. The molecule has 0 aliphatic rings. The van der Waals surface area contributed by atoms with E-state index in [0.29, 0.717) is 0 Å². The van der Waals surface area contributed by atoms with Crippen molar-refractivity contribution in [3.8, 4) is 0 Å². The fourth-order valence-electron chi connectivity index (χ4n) is 0. The molecular formula is C11H28N2O2. The maximum Gasteiger partial charge on any atom is 0.0764 e. The molecule has 0 aromatic rings. The first-order chi connectivity index (χ1) is 6.19. The van der Waals surface area contributed by atoms with Crippen LogP contribution in [0.25, 0.3) is 0 Å². The molecule has 0 saturated carbocycles. The molecule has 0 spiro atoms. The van der Waals surface area contributed by atoms with Crippen LogP contribution >= 0.6 is 0 Å². The Morgan fingerprint density at radius 3 is 1.07 bits per heavy atom. The Balaban J connectivity index is 0. The summed E-state index contributed by atoms with van der Waals surface area (Å²) in [5.41, 5.74) is 8.87. The Morgan fingerprint density at radius 1 is 0.933 bits per heavy atom. The Morgan fingerprint density at radius 2 is 1.07 bits per heavy atom. The fourth-order valence-corrected chi connectivity index (χ4v) is 0. The van der Waals surface area contributed by atoms with Crippen LogP contribution in [0, 0.1) is 0 Å². The van der Waals surface area contributed by atoms with Gasteiger partial charge in [0.25, 0.3) is 0 Å². The van der Waals surface area contributed by atoms with E-state index in [1.807, 2.05) is 0 Å². The summed E-state index contributed by atoms with van der Waals surface area (Å²) in [4.78, 5) is 0. The van der Waals surface area contributed by atoms with Crippen LogP contribution in [0.1, 0.15) is 48.5 Å². The molecule has 0 rings (SSSR count). The molecule has 4 nitrogen and oxygen atoms in total. The van der Waals surface area contributed by atoms with Gasteiger partial charge in [0.1, 0.15) is 0 Å². The van der Waals surface area contributed by atoms with Gasteiger partial charge in [-0.1, -0.05) is 0 Å². The summed E-state index contributed by atoms with van der Waals surface area (Å²) in [7, 11) is 0. The summed E-state index contributed by atoms with van der Waals surface area (Å²) < 4.78 is 0. The second kappa shape index (κ2) is 5.25. The maximum atomic E-state index is 9.23. The van der Waals surface area contributed by atoms with E-state index < -0.39 is 16.7 Å². The molecule has 6 N–H and O–H groups in total. The standard InChI is InChI=1S/C6H15NO.C5H13NO/c1-5(2,7)6(3,4)8;1-4(6)5(2,3)7/h8H,7H2,1-4H3;4,7H,6H2,1-3H3. The molecule has 4 heteroatoms. The third-order valence-electron chi connectivity index (χ3n) is 2.69. The normalized spacial score (nSPS) is 15.4. The first-order valence-corrected chi connectivity index (χ1v) is 5.19. The van der Waals surface area contributed by atoms with Gasteiger partial charge >= 0.3 is 0 Å². The molecule has 0 heterocycles. The topological polar surface area (TPSA) is 92.5 Å². The van der Waals surface area contributed by atoms with Gasteiger partial charge in [-0.2, -0.15) is 0 Å². The number of aliphatic hydroxyl groups is 2. The zero-order chi connectivity index (χ0) is 13.1. The van der Waals surface area contributed by atoms with Gasteiger partial charge in [0.2, 0.25) is 0 Å². The number of nitrogens with two attached hydrogens (primary N) is 2. The first-order valence-electron chi connectivity index (χ1n) is 5.19. The van der Waals surface area contributed by atoms with Crippen LogP contribution in [-0.2, 0) is 0 Å². The Kier molecular flexibility index (Phi) is 6.04. The summed E-state index contributed by atoms with van der Waals surface area (Å²) in [5, 5.41) is 18.2. The van der Waals surface area contributed by atoms with Crippen LogP contribution in [0.3, 0.4) is 0 Å². The lowest BCUT2D eigenvalue weighted by Crippen LogP contribution is -2.52. The van der Waals surface area contributed by atoms with Crippen molar-refractivity contribution in [1.82, 2.24) is 0 Å². The van der Waals surface area contributed by atoms with Crippen LogP contribution < -0.4 is 11.5 Å². The molecule has 0 saturated heterocycles. The van der Waals surface area contributed by atoms with Crippen molar-refractivity contribution in [2.75, 3.05) is 0 Å². The zero-order valence-corrected chi connectivity index (χ0v) is 11.1. The minimum absolute atomic E-state index is 0.146. The summed E-state index contributed by atoms with van der Waals surface area (Å²) in [6, 6.07) is -0.146. The fraction of sp³-hybridized carbons (Fsp3) is 1.00. The highest BCUT2D eigenvalue weighted by Crippen LogP contribution is 2.16. The van der Waals surface area contributed by atoms with Gasteiger partial charge in [-0.25, -0.2) is 0 Å². The number of hydrogen-bond acceptors (Lipinski definition) is 4. The maximum absolute atomic E-state index is 9.23. The van der Waals surface area contributed by atoms with E-state index in [1.54, 1.807) is 48.5 Å². The van der Waals surface area contributed by atoms with E-state index >= 15 is 0 Å². The molecule has 0 radical (unpaired) electrons. The molecule has 1 atom stereocenters. The minimum atomic E-state index is -0.785. The van der Waals surface area contributed by atoms with Crippen molar-refractivity contribution in [1.29, 1.82) is 0 Å². The average Bonchev–Trinajstić information content (AvgIpc) is 1.80. The van der Waals surface area contributed by atoms with Crippen LogP contribution in [0.4, 0.5) is 0 Å². The Bertz CT molecular complexity index is 158. The Hall–Kier alpha value is -0.160. The molecule has 0 fully saturated rings. The van der Waals surface area contributed by atoms with E-state index in [1.165, 1.54) is 0 Å².